The molecule has 0 spiro atoms. The first kappa shape index (κ1) is 15.2. The van der Waals surface area contributed by atoms with Crippen molar-refractivity contribution in [3.63, 3.8) is 0 Å². The van der Waals surface area contributed by atoms with E-state index in [1.165, 1.54) is 30.4 Å². The molecule has 1 N–H and O–H groups in total. The second kappa shape index (κ2) is 9.12. The van der Waals surface area contributed by atoms with Gasteiger partial charge in [0.1, 0.15) is 0 Å². The largest absolute Gasteiger partial charge is 0.377 e. The van der Waals surface area contributed by atoms with Gasteiger partial charge in [0, 0.05) is 19.2 Å². The molecule has 0 fully saturated rings. The highest BCUT2D eigenvalue weighted by Gasteiger charge is 2.06. The zero-order valence-corrected chi connectivity index (χ0v) is 12.0. The van der Waals surface area contributed by atoms with E-state index in [-0.39, 0.29) is 0 Å². The molecule has 1 unspecified atom stereocenters. The first-order valence-electron chi connectivity index (χ1n) is 7.19. The fraction of sp³-hybridized carbons (Fsp3) is 0.625. The molecule has 18 heavy (non-hydrogen) atoms. The van der Waals surface area contributed by atoms with Gasteiger partial charge in [0.25, 0.3) is 0 Å². The molecule has 0 aliphatic carbocycles. The van der Waals surface area contributed by atoms with Crippen LogP contribution in [0, 0.1) is 0 Å². The summed E-state index contributed by atoms with van der Waals surface area (Å²) in [6.07, 6.45) is 3.69. The van der Waals surface area contributed by atoms with Gasteiger partial charge in [-0.25, -0.2) is 0 Å². The van der Waals surface area contributed by atoms with E-state index in [1.54, 1.807) is 0 Å². The Morgan fingerprint density at radius 3 is 2.44 bits per heavy atom. The normalized spacial score (nSPS) is 12.6. The molecule has 0 bridgehead atoms. The number of rotatable bonds is 9. The van der Waals surface area contributed by atoms with Crippen LogP contribution >= 0.6 is 0 Å². The van der Waals surface area contributed by atoms with E-state index in [0.29, 0.717) is 6.04 Å². The number of hydrogen-bond acceptors (Lipinski definition) is 2. The van der Waals surface area contributed by atoms with Crippen molar-refractivity contribution in [2.45, 2.75) is 59.2 Å². The van der Waals surface area contributed by atoms with Gasteiger partial charge < -0.3 is 10.1 Å². The summed E-state index contributed by atoms with van der Waals surface area (Å²) in [6, 6.07) is 9.18. The standard InChI is InChI=1S/C16H27NO/c1-4-9-16(5-2)17-12-14-10-7-8-11-15(14)13-18-6-3/h7-8,10-11,16-17H,4-6,9,12-13H2,1-3H3. The number of hydrogen-bond donors (Lipinski definition) is 1. The lowest BCUT2D eigenvalue weighted by atomic mass is 10.1. The fourth-order valence-corrected chi connectivity index (χ4v) is 2.14. The van der Waals surface area contributed by atoms with Crippen molar-refractivity contribution in [3.8, 4) is 0 Å². The molecule has 1 atom stereocenters. The van der Waals surface area contributed by atoms with E-state index in [4.69, 9.17) is 4.74 Å². The van der Waals surface area contributed by atoms with E-state index in [9.17, 15) is 0 Å². The van der Waals surface area contributed by atoms with Crippen molar-refractivity contribution < 1.29 is 4.74 Å². The molecular weight excluding hydrogens is 222 g/mol. The van der Waals surface area contributed by atoms with Crippen molar-refractivity contribution in [2.75, 3.05) is 6.61 Å². The van der Waals surface area contributed by atoms with Crippen LogP contribution in [0.3, 0.4) is 0 Å². The van der Waals surface area contributed by atoms with Crippen LogP contribution in [0.15, 0.2) is 24.3 Å². The van der Waals surface area contributed by atoms with E-state index >= 15 is 0 Å². The highest BCUT2D eigenvalue weighted by Crippen LogP contribution is 2.11. The summed E-state index contributed by atoms with van der Waals surface area (Å²) in [4.78, 5) is 0. The Hall–Kier alpha value is -0.860. The second-order valence-electron chi connectivity index (χ2n) is 4.68. The second-order valence-corrected chi connectivity index (χ2v) is 4.68. The monoisotopic (exact) mass is 249 g/mol. The molecule has 0 aliphatic rings. The molecule has 0 aliphatic heterocycles. The maximum atomic E-state index is 5.51. The number of nitrogens with one attached hydrogen (secondary N) is 1. The summed E-state index contributed by atoms with van der Waals surface area (Å²) < 4.78 is 5.51. The number of ether oxygens (including phenoxy) is 1. The molecule has 0 radical (unpaired) electrons. The lowest BCUT2D eigenvalue weighted by Crippen LogP contribution is -2.28. The molecule has 0 heterocycles. The van der Waals surface area contributed by atoms with Crippen molar-refractivity contribution in [1.29, 1.82) is 0 Å². The van der Waals surface area contributed by atoms with E-state index in [0.717, 1.165) is 19.8 Å². The minimum atomic E-state index is 0.634. The van der Waals surface area contributed by atoms with Crippen LogP contribution in [0.4, 0.5) is 0 Å². The topological polar surface area (TPSA) is 21.3 Å². The molecule has 102 valence electrons. The van der Waals surface area contributed by atoms with Gasteiger partial charge in [-0.3, -0.25) is 0 Å². The summed E-state index contributed by atoms with van der Waals surface area (Å²) in [5.74, 6) is 0. The van der Waals surface area contributed by atoms with Crippen molar-refractivity contribution in [1.82, 2.24) is 5.32 Å². The van der Waals surface area contributed by atoms with Gasteiger partial charge in [0.05, 0.1) is 6.61 Å². The highest BCUT2D eigenvalue weighted by atomic mass is 16.5. The van der Waals surface area contributed by atoms with Gasteiger partial charge in [-0.2, -0.15) is 0 Å². The first-order chi connectivity index (χ1) is 8.81. The predicted molar refractivity (Wildman–Crippen MR) is 77.6 cm³/mol. The van der Waals surface area contributed by atoms with Crippen LogP contribution in [0.1, 0.15) is 51.2 Å². The van der Waals surface area contributed by atoms with Gasteiger partial charge in [-0.05, 0) is 30.9 Å². The Morgan fingerprint density at radius 1 is 1.11 bits per heavy atom. The Labute approximate surface area is 112 Å². The molecule has 1 rings (SSSR count). The Kier molecular flexibility index (Phi) is 7.70. The molecule has 0 saturated carbocycles. The quantitative estimate of drug-likeness (QED) is 0.717. The minimum absolute atomic E-state index is 0.634. The van der Waals surface area contributed by atoms with Crippen LogP contribution in [0.5, 0.6) is 0 Å². The van der Waals surface area contributed by atoms with Crippen LogP contribution in [-0.2, 0) is 17.9 Å². The molecule has 0 aromatic heterocycles. The van der Waals surface area contributed by atoms with Gasteiger partial charge in [0.2, 0.25) is 0 Å². The maximum absolute atomic E-state index is 5.51. The lowest BCUT2D eigenvalue weighted by molar-refractivity contribution is 0.133. The third kappa shape index (κ3) is 5.19. The highest BCUT2D eigenvalue weighted by molar-refractivity contribution is 5.26. The Bertz CT molecular complexity index is 325. The summed E-state index contributed by atoms with van der Waals surface area (Å²) >= 11 is 0. The molecule has 2 nitrogen and oxygen atoms in total. The molecule has 2 heteroatoms. The van der Waals surface area contributed by atoms with Crippen LogP contribution in [0.25, 0.3) is 0 Å². The average Bonchev–Trinajstić information content (AvgIpc) is 2.42. The van der Waals surface area contributed by atoms with Crippen LogP contribution < -0.4 is 5.32 Å². The summed E-state index contributed by atoms with van der Waals surface area (Å²) in [5.41, 5.74) is 2.67. The van der Waals surface area contributed by atoms with Crippen molar-refractivity contribution >= 4 is 0 Å². The zero-order chi connectivity index (χ0) is 13.2. The summed E-state index contributed by atoms with van der Waals surface area (Å²) in [6.45, 7) is 8.97. The smallest absolute Gasteiger partial charge is 0.0719 e. The van der Waals surface area contributed by atoms with Crippen molar-refractivity contribution in [3.05, 3.63) is 35.4 Å². The third-order valence-electron chi connectivity index (χ3n) is 3.29. The zero-order valence-electron chi connectivity index (χ0n) is 12.0. The predicted octanol–water partition coefficient (Wildman–Crippen LogP) is 3.89. The SMILES string of the molecule is CCCC(CC)NCc1ccccc1COCC. The first-order valence-corrected chi connectivity index (χ1v) is 7.19. The molecule has 1 aromatic carbocycles. The van der Waals surface area contributed by atoms with E-state index < -0.39 is 0 Å². The summed E-state index contributed by atoms with van der Waals surface area (Å²) in [5, 5.41) is 3.65. The lowest BCUT2D eigenvalue weighted by Gasteiger charge is -2.17. The van der Waals surface area contributed by atoms with Crippen LogP contribution in [0.2, 0.25) is 0 Å². The van der Waals surface area contributed by atoms with Gasteiger partial charge >= 0.3 is 0 Å². The Balaban J connectivity index is 2.54. The average molecular weight is 249 g/mol. The molecular formula is C16H27NO. The third-order valence-corrected chi connectivity index (χ3v) is 3.29. The van der Waals surface area contributed by atoms with Gasteiger partial charge in [-0.1, -0.05) is 44.5 Å². The van der Waals surface area contributed by atoms with Gasteiger partial charge in [0.15, 0.2) is 0 Å². The Morgan fingerprint density at radius 2 is 1.83 bits per heavy atom. The van der Waals surface area contributed by atoms with E-state index in [2.05, 4.69) is 43.4 Å². The number of benzene rings is 1. The maximum Gasteiger partial charge on any atom is 0.0719 e. The molecule has 1 aromatic rings. The van der Waals surface area contributed by atoms with Gasteiger partial charge in [-0.15, -0.1) is 0 Å². The van der Waals surface area contributed by atoms with Crippen LogP contribution in [-0.4, -0.2) is 12.6 Å². The fourth-order valence-electron chi connectivity index (χ4n) is 2.14. The molecule has 0 amide bonds. The van der Waals surface area contributed by atoms with E-state index in [1.807, 2.05) is 6.92 Å². The minimum Gasteiger partial charge on any atom is -0.377 e. The van der Waals surface area contributed by atoms with Crippen molar-refractivity contribution in [2.24, 2.45) is 0 Å². The summed E-state index contributed by atoms with van der Waals surface area (Å²) in [7, 11) is 0. The molecule has 0 saturated heterocycles.